The molecule has 1 aromatic carbocycles. The minimum atomic E-state index is 0.613. The molecule has 3 atom stereocenters. The Kier molecular flexibility index (Phi) is 4.57. The van der Waals surface area contributed by atoms with Gasteiger partial charge in [-0.25, -0.2) is 0 Å². The van der Waals surface area contributed by atoms with Crippen molar-refractivity contribution < 1.29 is 4.74 Å². The Morgan fingerprint density at radius 2 is 2.12 bits per heavy atom. The first-order chi connectivity index (χ1) is 8.31. The number of hydrogen-bond acceptors (Lipinski definition) is 2. The van der Waals surface area contributed by atoms with Gasteiger partial charge in [-0.1, -0.05) is 37.3 Å². The van der Waals surface area contributed by atoms with Gasteiger partial charge in [0.2, 0.25) is 0 Å². The summed E-state index contributed by atoms with van der Waals surface area (Å²) in [4.78, 5) is 0. The molecule has 1 aliphatic rings. The fraction of sp³-hybridized carbons (Fsp3) is 0.600. The Balaban J connectivity index is 1.95. The van der Waals surface area contributed by atoms with Crippen LogP contribution in [0.15, 0.2) is 30.3 Å². The van der Waals surface area contributed by atoms with E-state index in [1.54, 1.807) is 7.11 Å². The summed E-state index contributed by atoms with van der Waals surface area (Å²) >= 11 is 0. The molecule has 1 heterocycles. The Morgan fingerprint density at radius 3 is 2.82 bits per heavy atom. The molecule has 0 aromatic heterocycles. The molecule has 3 unspecified atom stereocenters. The zero-order valence-corrected chi connectivity index (χ0v) is 10.9. The lowest BCUT2D eigenvalue weighted by Crippen LogP contribution is -2.33. The quantitative estimate of drug-likeness (QED) is 0.843. The van der Waals surface area contributed by atoms with E-state index in [1.807, 2.05) is 0 Å². The largest absolute Gasteiger partial charge is 0.384 e. The second-order valence-corrected chi connectivity index (χ2v) is 5.14. The molecule has 1 saturated heterocycles. The van der Waals surface area contributed by atoms with E-state index in [-0.39, 0.29) is 0 Å². The molecule has 1 aromatic rings. The van der Waals surface area contributed by atoms with Gasteiger partial charge in [-0.3, -0.25) is 0 Å². The normalized spacial score (nSPS) is 26.0. The van der Waals surface area contributed by atoms with Crippen molar-refractivity contribution in [3.05, 3.63) is 35.9 Å². The van der Waals surface area contributed by atoms with E-state index in [9.17, 15) is 0 Å². The zero-order valence-electron chi connectivity index (χ0n) is 10.9. The Hall–Kier alpha value is -0.860. The maximum atomic E-state index is 5.29. The standard InChI is InChI=1S/C15H23NO/c1-12(11-17-2)14-8-9-16-15(14)10-13-6-4-3-5-7-13/h3-7,12,14-16H,8-11H2,1-2H3. The lowest BCUT2D eigenvalue weighted by atomic mass is 9.85. The molecule has 0 radical (unpaired) electrons. The van der Waals surface area contributed by atoms with Crippen LogP contribution in [-0.4, -0.2) is 26.3 Å². The van der Waals surface area contributed by atoms with Gasteiger partial charge in [-0.2, -0.15) is 0 Å². The Morgan fingerprint density at radius 1 is 1.35 bits per heavy atom. The van der Waals surface area contributed by atoms with Crippen molar-refractivity contribution in [2.45, 2.75) is 25.8 Å². The highest BCUT2D eigenvalue weighted by Gasteiger charge is 2.30. The SMILES string of the molecule is COCC(C)C1CCNC1Cc1ccccc1. The van der Waals surface area contributed by atoms with E-state index < -0.39 is 0 Å². The van der Waals surface area contributed by atoms with E-state index in [0.29, 0.717) is 12.0 Å². The van der Waals surface area contributed by atoms with Gasteiger partial charge >= 0.3 is 0 Å². The monoisotopic (exact) mass is 233 g/mol. The predicted molar refractivity (Wildman–Crippen MR) is 71.1 cm³/mol. The van der Waals surface area contributed by atoms with E-state index in [2.05, 4.69) is 42.6 Å². The minimum absolute atomic E-state index is 0.613. The van der Waals surface area contributed by atoms with Gasteiger partial charge in [0, 0.05) is 19.8 Å². The van der Waals surface area contributed by atoms with Crippen LogP contribution >= 0.6 is 0 Å². The van der Waals surface area contributed by atoms with Gasteiger partial charge in [0.25, 0.3) is 0 Å². The fourth-order valence-corrected chi connectivity index (χ4v) is 2.95. The summed E-state index contributed by atoms with van der Waals surface area (Å²) in [6.45, 7) is 4.33. The van der Waals surface area contributed by atoms with Crippen molar-refractivity contribution in [2.75, 3.05) is 20.3 Å². The lowest BCUT2D eigenvalue weighted by molar-refractivity contribution is 0.124. The minimum Gasteiger partial charge on any atom is -0.384 e. The molecule has 0 spiro atoms. The van der Waals surface area contributed by atoms with E-state index >= 15 is 0 Å². The smallest absolute Gasteiger partial charge is 0.0491 e. The summed E-state index contributed by atoms with van der Waals surface area (Å²) < 4.78 is 5.29. The molecule has 1 aliphatic heterocycles. The van der Waals surface area contributed by atoms with Crippen molar-refractivity contribution in [1.82, 2.24) is 5.32 Å². The van der Waals surface area contributed by atoms with E-state index in [0.717, 1.165) is 25.5 Å². The van der Waals surface area contributed by atoms with Gasteiger partial charge in [0.15, 0.2) is 0 Å². The van der Waals surface area contributed by atoms with Crippen molar-refractivity contribution in [3.63, 3.8) is 0 Å². The Bertz CT molecular complexity index is 325. The molecule has 2 rings (SSSR count). The molecule has 17 heavy (non-hydrogen) atoms. The number of hydrogen-bond donors (Lipinski definition) is 1. The van der Waals surface area contributed by atoms with Crippen LogP contribution in [-0.2, 0) is 11.2 Å². The number of ether oxygens (including phenoxy) is 1. The molecule has 0 saturated carbocycles. The average Bonchev–Trinajstić information content (AvgIpc) is 2.79. The second-order valence-electron chi connectivity index (χ2n) is 5.14. The van der Waals surface area contributed by atoms with Crippen LogP contribution in [0.3, 0.4) is 0 Å². The first kappa shape index (κ1) is 12.6. The highest BCUT2D eigenvalue weighted by molar-refractivity contribution is 5.16. The van der Waals surface area contributed by atoms with Gasteiger partial charge < -0.3 is 10.1 Å². The molecule has 2 nitrogen and oxygen atoms in total. The van der Waals surface area contributed by atoms with Gasteiger partial charge in [-0.05, 0) is 36.8 Å². The maximum Gasteiger partial charge on any atom is 0.0491 e. The molecule has 94 valence electrons. The first-order valence-electron chi connectivity index (χ1n) is 6.57. The van der Waals surface area contributed by atoms with Crippen LogP contribution in [0.25, 0.3) is 0 Å². The van der Waals surface area contributed by atoms with Crippen molar-refractivity contribution in [2.24, 2.45) is 11.8 Å². The summed E-state index contributed by atoms with van der Waals surface area (Å²) in [5.41, 5.74) is 1.43. The summed E-state index contributed by atoms with van der Waals surface area (Å²) in [6.07, 6.45) is 2.42. The number of benzene rings is 1. The Labute approximate surface area is 104 Å². The van der Waals surface area contributed by atoms with Gasteiger partial charge in [-0.15, -0.1) is 0 Å². The summed E-state index contributed by atoms with van der Waals surface area (Å²) in [7, 11) is 1.80. The van der Waals surface area contributed by atoms with Crippen LogP contribution in [0.5, 0.6) is 0 Å². The number of rotatable bonds is 5. The summed E-state index contributed by atoms with van der Waals surface area (Å²) in [5, 5.41) is 3.64. The van der Waals surface area contributed by atoms with Crippen LogP contribution in [0.4, 0.5) is 0 Å². The molecule has 0 aliphatic carbocycles. The highest BCUT2D eigenvalue weighted by atomic mass is 16.5. The summed E-state index contributed by atoms with van der Waals surface area (Å²) in [5.74, 6) is 1.39. The fourth-order valence-electron chi connectivity index (χ4n) is 2.95. The highest BCUT2D eigenvalue weighted by Crippen LogP contribution is 2.26. The zero-order chi connectivity index (χ0) is 12.1. The van der Waals surface area contributed by atoms with Gasteiger partial charge in [0.1, 0.15) is 0 Å². The topological polar surface area (TPSA) is 21.3 Å². The summed E-state index contributed by atoms with van der Waals surface area (Å²) in [6, 6.07) is 11.4. The van der Waals surface area contributed by atoms with E-state index in [4.69, 9.17) is 4.74 Å². The third kappa shape index (κ3) is 3.30. The molecule has 1 fully saturated rings. The average molecular weight is 233 g/mol. The maximum absolute atomic E-state index is 5.29. The third-order valence-electron chi connectivity index (χ3n) is 3.86. The molecule has 2 heteroatoms. The van der Waals surface area contributed by atoms with Crippen LogP contribution < -0.4 is 5.32 Å². The van der Waals surface area contributed by atoms with Gasteiger partial charge in [0.05, 0.1) is 0 Å². The first-order valence-corrected chi connectivity index (χ1v) is 6.57. The van der Waals surface area contributed by atoms with Crippen molar-refractivity contribution >= 4 is 0 Å². The van der Waals surface area contributed by atoms with Crippen LogP contribution in [0.2, 0.25) is 0 Å². The lowest BCUT2D eigenvalue weighted by Gasteiger charge is -2.25. The molecular formula is C15H23NO. The number of nitrogens with one attached hydrogen (secondary N) is 1. The van der Waals surface area contributed by atoms with E-state index in [1.165, 1.54) is 12.0 Å². The second kappa shape index (κ2) is 6.18. The molecule has 0 bridgehead atoms. The molecular weight excluding hydrogens is 210 g/mol. The van der Waals surface area contributed by atoms with Crippen LogP contribution in [0, 0.1) is 11.8 Å². The molecule has 1 N–H and O–H groups in total. The molecule has 0 amide bonds. The number of methoxy groups -OCH3 is 1. The van der Waals surface area contributed by atoms with Crippen molar-refractivity contribution in [1.29, 1.82) is 0 Å². The van der Waals surface area contributed by atoms with Crippen molar-refractivity contribution in [3.8, 4) is 0 Å². The third-order valence-corrected chi connectivity index (χ3v) is 3.86. The predicted octanol–water partition coefficient (Wildman–Crippen LogP) is 2.49. The van der Waals surface area contributed by atoms with Crippen LogP contribution in [0.1, 0.15) is 18.9 Å².